The van der Waals surface area contributed by atoms with Crippen molar-refractivity contribution in [2.75, 3.05) is 0 Å². The summed E-state index contributed by atoms with van der Waals surface area (Å²) in [5.74, 6) is -0.817. The minimum atomic E-state index is -1.28. The van der Waals surface area contributed by atoms with Gasteiger partial charge in [-0.15, -0.1) is 10.2 Å². The maximum Gasteiger partial charge on any atom is 0.281 e. The van der Waals surface area contributed by atoms with E-state index in [1.54, 1.807) is 12.1 Å². The van der Waals surface area contributed by atoms with Crippen LogP contribution in [0.5, 0.6) is 0 Å². The number of carboxylic acid groups (broad SMARTS) is 1. The predicted octanol–water partition coefficient (Wildman–Crippen LogP) is 2.28. The van der Waals surface area contributed by atoms with E-state index in [2.05, 4.69) is 26.1 Å². The first-order chi connectivity index (χ1) is 9.58. The highest BCUT2D eigenvalue weighted by molar-refractivity contribution is 9.10. The Labute approximate surface area is 128 Å². The fourth-order valence-electron chi connectivity index (χ4n) is 1.36. The van der Waals surface area contributed by atoms with E-state index in [1.165, 1.54) is 6.08 Å². The number of rotatable bonds is 5. The Bertz CT molecular complexity index is 637. The van der Waals surface area contributed by atoms with Gasteiger partial charge in [-0.2, -0.15) is 0 Å². The van der Waals surface area contributed by atoms with Crippen molar-refractivity contribution < 1.29 is 14.3 Å². The number of aryl methyl sites for hydroxylation is 1. The molecule has 0 aliphatic rings. The lowest BCUT2D eigenvalue weighted by atomic mass is 10.2. The van der Waals surface area contributed by atoms with Crippen molar-refractivity contribution >= 4 is 39.7 Å². The van der Waals surface area contributed by atoms with Crippen LogP contribution in [0.4, 0.5) is 0 Å². The van der Waals surface area contributed by atoms with E-state index in [-0.39, 0.29) is 10.1 Å². The lowest BCUT2D eigenvalue weighted by molar-refractivity contribution is -0.298. The van der Waals surface area contributed by atoms with Gasteiger partial charge in [-0.05, 0) is 35.5 Å². The maximum absolute atomic E-state index is 11.2. The fraction of sp³-hybridized carbons (Fsp3) is 0.154. The first-order valence-corrected chi connectivity index (χ1v) is 7.38. The molecular weight excluding hydrogens is 344 g/mol. The molecule has 0 atom stereocenters. The zero-order valence-corrected chi connectivity index (χ0v) is 12.9. The second-order valence-corrected chi connectivity index (χ2v) is 5.67. The molecule has 0 aliphatic carbocycles. The molecule has 0 saturated carbocycles. The number of carbonyl (C=O) groups excluding carboxylic acids is 1. The molecule has 1 heterocycles. The van der Waals surface area contributed by atoms with E-state index in [4.69, 9.17) is 4.42 Å². The quantitative estimate of drug-likeness (QED) is 0.606. The zero-order valence-electron chi connectivity index (χ0n) is 10.5. The van der Waals surface area contributed by atoms with Crippen molar-refractivity contribution in [3.8, 4) is 0 Å². The van der Waals surface area contributed by atoms with Crippen LogP contribution in [0.15, 0.2) is 43.3 Å². The van der Waals surface area contributed by atoms with Gasteiger partial charge >= 0.3 is 0 Å². The van der Waals surface area contributed by atoms with Crippen molar-refractivity contribution in [2.45, 2.75) is 18.6 Å². The Morgan fingerprint density at radius 1 is 1.40 bits per heavy atom. The molecule has 7 heteroatoms. The molecule has 1 aromatic heterocycles. The zero-order chi connectivity index (χ0) is 14.5. The number of carboxylic acids is 1. The van der Waals surface area contributed by atoms with E-state index in [1.807, 2.05) is 19.1 Å². The second-order valence-electron chi connectivity index (χ2n) is 3.76. The van der Waals surface area contributed by atoms with Crippen LogP contribution >= 0.6 is 27.7 Å². The molecule has 2 rings (SSSR count). The average molecular weight is 354 g/mol. The van der Waals surface area contributed by atoms with Gasteiger partial charge in [-0.1, -0.05) is 35.0 Å². The van der Waals surface area contributed by atoms with Gasteiger partial charge in [0, 0.05) is 15.8 Å². The minimum absolute atomic E-state index is 0.0126. The number of aromatic nitrogens is 2. The third-order valence-electron chi connectivity index (χ3n) is 2.32. The van der Waals surface area contributed by atoms with Crippen LogP contribution < -0.4 is 5.11 Å². The van der Waals surface area contributed by atoms with Crippen molar-refractivity contribution in [3.63, 3.8) is 0 Å². The molecule has 20 heavy (non-hydrogen) atoms. The molecule has 0 N–H and O–H groups in total. The summed E-state index contributed by atoms with van der Waals surface area (Å²) < 4.78 is 6.19. The third kappa shape index (κ3) is 3.94. The summed E-state index contributed by atoms with van der Waals surface area (Å²) in [4.78, 5) is 11.2. The predicted molar refractivity (Wildman–Crippen MR) is 76.7 cm³/mol. The number of nitrogens with zero attached hydrogens (tertiary/aromatic N) is 2. The van der Waals surface area contributed by atoms with Crippen LogP contribution in [0.25, 0.3) is 6.08 Å². The standard InChI is InChI=1S/C13H11BrN2O3S/c1-2-11-15-16-13(19-11)20-10(12(17)18)7-8-3-5-9(14)6-4-8/h3-7H,2H2,1H3,(H,17,18)/p-1/b10-7-. The number of hydrogen-bond acceptors (Lipinski definition) is 6. The molecule has 2 aromatic rings. The van der Waals surface area contributed by atoms with Gasteiger partial charge in [-0.3, -0.25) is 0 Å². The van der Waals surface area contributed by atoms with Crippen molar-refractivity contribution in [1.82, 2.24) is 10.2 Å². The Morgan fingerprint density at radius 3 is 2.65 bits per heavy atom. The SMILES string of the molecule is CCc1nnc(S/C(=C\c2ccc(Br)cc2)C(=O)[O-])o1. The maximum atomic E-state index is 11.2. The van der Waals surface area contributed by atoms with Crippen LogP contribution in [0.3, 0.4) is 0 Å². The van der Waals surface area contributed by atoms with Gasteiger partial charge in [0.1, 0.15) is 0 Å². The van der Waals surface area contributed by atoms with Crippen LogP contribution in [0.2, 0.25) is 0 Å². The van der Waals surface area contributed by atoms with E-state index >= 15 is 0 Å². The highest BCUT2D eigenvalue weighted by atomic mass is 79.9. The molecule has 0 spiro atoms. The minimum Gasteiger partial charge on any atom is -0.544 e. The largest absolute Gasteiger partial charge is 0.544 e. The monoisotopic (exact) mass is 353 g/mol. The summed E-state index contributed by atoms with van der Waals surface area (Å²) >= 11 is 4.20. The van der Waals surface area contributed by atoms with E-state index in [0.29, 0.717) is 12.3 Å². The number of halogens is 1. The smallest absolute Gasteiger partial charge is 0.281 e. The summed E-state index contributed by atoms with van der Waals surface area (Å²) in [6, 6.07) is 7.23. The molecule has 0 radical (unpaired) electrons. The molecule has 0 fully saturated rings. The fourth-order valence-corrected chi connectivity index (χ4v) is 2.31. The summed E-state index contributed by atoms with van der Waals surface area (Å²) in [7, 11) is 0. The lowest BCUT2D eigenvalue weighted by Gasteiger charge is -2.05. The average Bonchev–Trinajstić information content (AvgIpc) is 2.88. The highest BCUT2D eigenvalue weighted by Gasteiger charge is 2.09. The third-order valence-corrected chi connectivity index (χ3v) is 3.69. The van der Waals surface area contributed by atoms with Gasteiger partial charge in [0.2, 0.25) is 5.89 Å². The topological polar surface area (TPSA) is 79.0 Å². The van der Waals surface area contributed by atoms with Gasteiger partial charge in [0.05, 0.1) is 5.97 Å². The number of hydrogen-bond donors (Lipinski definition) is 0. The van der Waals surface area contributed by atoms with E-state index in [0.717, 1.165) is 21.8 Å². The Morgan fingerprint density at radius 2 is 2.10 bits per heavy atom. The Balaban J connectivity index is 2.22. The van der Waals surface area contributed by atoms with E-state index in [9.17, 15) is 9.90 Å². The van der Waals surface area contributed by atoms with Crippen molar-refractivity contribution in [2.24, 2.45) is 0 Å². The Hall–Kier alpha value is -1.60. The van der Waals surface area contributed by atoms with E-state index < -0.39 is 5.97 Å². The van der Waals surface area contributed by atoms with Crippen LogP contribution in [-0.4, -0.2) is 16.2 Å². The summed E-state index contributed by atoms with van der Waals surface area (Å²) in [6.07, 6.45) is 2.10. The van der Waals surface area contributed by atoms with Gasteiger partial charge < -0.3 is 14.3 Å². The lowest BCUT2D eigenvalue weighted by Crippen LogP contribution is -2.23. The molecule has 0 bridgehead atoms. The van der Waals surface area contributed by atoms with Gasteiger partial charge in [-0.25, -0.2) is 0 Å². The first kappa shape index (κ1) is 14.8. The number of thioether (sulfide) groups is 1. The number of aliphatic carboxylic acids is 1. The van der Waals surface area contributed by atoms with Crippen LogP contribution in [0, 0.1) is 0 Å². The first-order valence-electron chi connectivity index (χ1n) is 5.77. The van der Waals surface area contributed by atoms with Gasteiger partial charge in [0.15, 0.2) is 0 Å². The molecular formula is C13H10BrN2O3S-. The van der Waals surface area contributed by atoms with Crippen molar-refractivity contribution in [1.29, 1.82) is 0 Å². The van der Waals surface area contributed by atoms with Crippen LogP contribution in [-0.2, 0) is 11.2 Å². The number of benzene rings is 1. The Kier molecular flexibility index (Phi) is 4.97. The molecule has 0 amide bonds. The molecule has 0 saturated heterocycles. The van der Waals surface area contributed by atoms with Crippen molar-refractivity contribution in [3.05, 3.63) is 45.1 Å². The van der Waals surface area contributed by atoms with Gasteiger partial charge in [0.25, 0.3) is 5.22 Å². The summed E-state index contributed by atoms with van der Waals surface area (Å²) in [5, 5.41) is 18.9. The summed E-state index contributed by atoms with van der Waals surface area (Å²) in [6.45, 7) is 1.87. The highest BCUT2D eigenvalue weighted by Crippen LogP contribution is 2.27. The molecule has 0 aliphatic heterocycles. The normalized spacial score (nSPS) is 11.6. The second kappa shape index (κ2) is 6.71. The molecule has 0 unspecified atom stereocenters. The van der Waals surface area contributed by atoms with Crippen LogP contribution in [0.1, 0.15) is 18.4 Å². The molecule has 104 valence electrons. The molecule has 1 aromatic carbocycles. The summed E-state index contributed by atoms with van der Waals surface area (Å²) in [5.41, 5.74) is 0.745. The number of carbonyl (C=O) groups is 1. The molecule has 5 nitrogen and oxygen atoms in total.